The Kier molecular flexibility index (Phi) is 6.01. The minimum absolute atomic E-state index is 0.0155. The van der Waals surface area contributed by atoms with Gasteiger partial charge in [0.05, 0.1) is 16.8 Å². The van der Waals surface area contributed by atoms with Crippen LogP contribution < -0.4 is 5.43 Å². The first-order chi connectivity index (χ1) is 15.0. The fourth-order valence-electron chi connectivity index (χ4n) is 2.94. The second kappa shape index (κ2) is 8.53. The number of nitrogens with zero attached hydrogens (tertiary/aromatic N) is 3. The SMILES string of the molecule is C/C(=N/NC(=O)c1ccc(C(=O)O)cc1)c1nn(C)c(-c2cccc(C(F)(F)F)c2)c1O. The molecule has 3 aromatic rings. The van der Waals surface area contributed by atoms with Crippen LogP contribution in [0.25, 0.3) is 11.3 Å². The number of alkyl halides is 3. The lowest BCUT2D eigenvalue weighted by Gasteiger charge is -2.09. The van der Waals surface area contributed by atoms with Gasteiger partial charge < -0.3 is 10.2 Å². The van der Waals surface area contributed by atoms with Crippen molar-refractivity contribution in [1.29, 1.82) is 0 Å². The van der Waals surface area contributed by atoms with Crippen LogP contribution in [0, 0.1) is 0 Å². The quantitative estimate of drug-likeness (QED) is 0.409. The van der Waals surface area contributed by atoms with Gasteiger partial charge in [0.2, 0.25) is 0 Å². The van der Waals surface area contributed by atoms with Crippen molar-refractivity contribution in [2.45, 2.75) is 13.1 Å². The molecule has 3 N–H and O–H groups in total. The van der Waals surface area contributed by atoms with Gasteiger partial charge in [-0.15, -0.1) is 0 Å². The van der Waals surface area contributed by atoms with Gasteiger partial charge in [-0.2, -0.15) is 23.4 Å². The number of hydrogen-bond acceptors (Lipinski definition) is 5. The molecule has 0 radical (unpaired) electrons. The Hall–Kier alpha value is -4.15. The number of carboxylic acids is 1. The second-order valence-electron chi connectivity index (χ2n) is 6.77. The Bertz CT molecular complexity index is 1210. The van der Waals surface area contributed by atoms with Crippen LogP contribution in [0.1, 0.15) is 38.9 Å². The molecule has 0 aliphatic rings. The van der Waals surface area contributed by atoms with E-state index in [1.165, 1.54) is 55.1 Å². The van der Waals surface area contributed by atoms with Gasteiger partial charge in [-0.05, 0) is 43.3 Å². The van der Waals surface area contributed by atoms with Crippen LogP contribution in [0.2, 0.25) is 0 Å². The molecule has 11 heteroatoms. The number of rotatable bonds is 5. The average Bonchev–Trinajstić information content (AvgIpc) is 3.05. The number of hydrogen-bond donors (Lipinski definition) is 3. The van der Waals surface area contributed by atoms with Crippen molar-refractivity contribution in [3.05, 3.63) is 70.9 Å². The predicted octanol–water partition coefficient (Wildman–Crippen LogP) is 3.66. The third-order valence-corrected chi connectivity index (χ3v) is 4.55. The normalized spacial score (nSPS) is 12.0. The molecule has 2 aromatic carbocycles. The van der Waals surface area contributed by atoms with Crippen molar-refractivity contribution in [2.24, 2.45) is 12.1 Å². The predicted molar refractivity (Wildman–Crippen MR) is 108 cm³/mol. The number of hydrazone groups is 1. The van der Waals surface area contributed by atoms with Gasteiger partial charge in [0.15, 0.2) is 11.4 Å². The molecule has 0 spiro atoms. The highest BCUT2D eigenvalue weighted by atomic mass is 19.4. The van der Waals surface area contributed by atoms with Gasteiger partial charge >= 0.3 is 12.1 Å². The summed E-state index contributed by atoms with van der Waals surface area (Å²) in [6.07, 6.45) is -4.54. The summed E-state index contributed by atoms with van der Waals surface area (Å²) in [5, 5.41) is 27.4. The molecular weight excluding hydrogens is 429 g/mol. The molecule has 1 heterocycles. The van der Waals surface area contributed by atoms with Crippen molar-refractivity contribution in [3.63, 3.8) is 0 Å². The number of carbonyl (C=O) groups is 2. The number of nitrogens with one attached hydrogen (secondary N) is 1. The molecular formula is C21H17F3N4O4. The molecule has 0 unspecified atom stereocenters. The van der Waals surface area contributed by atoms with Crippen molar-refractivity contribution in [3.8, 4) is 17.0 Å². The Morgan fingerprint density at radius 2 is 1.72 bits per heavy atom. The first kappa shape index (κ1) is 22.5. The largest absolute Gasteiger partial charge is 0.504 e. The zero-order valence-corrected chi connectivity index (χ0v) is 16.8. The minimum atomic E-state index is -4.54. The van der Waals surface area contributed by atoms with Gasteiger partial charge in [-0.25, -0.2) is 10.2 Å². The highest BCUT2D eigenvalue weighted by Gasteiger charge is 2.31. The fourth-order valence-corrected chi connectivity index (χ4v) is 2.94. The summed E-state index contributed by atoms with van der Waals surface area (Å²) in [4.78, 5) is 23.1. The average molecular weight is 446 g/mol. The van der Waals surface area contributed by atoms with E-state index in [0.29, 0.717) is 0 Å². The van der Waals surface area contributed by atoms with E-state index in [1.807, 2.05) is 0 Å². The van der Waals surface area contributed by atoms with Crippen molar-refractivity contribution in [2.75, 3.05) is 0 Å². The summed E-state index contributed by atoms with van der Waals surface area (Å²) in [6.45, 7) is 1.45. The number of halogens is 3. The number of carboxylic acid groups (broad SMARTS) is 1. The van der Waals surface area contributed by atoms with Gasteiger partial charge in [-0.1, -0.05) is 12.1 Å². The van der Waals surface area contributed by atoms with E-state index in [2.05, 4.69) is 15.6 Å². The molecule has 0 saturated heterocycles. The molecule has 0 saturated carbocycles. The van der Waals surface area contributed by atoms with E-state index in [9.17, 15) is 27.9 Å². The molecule has 0 aliphatic heterocycles. The topological polar surface area (TPSA) is 117 Å². The molecule has 1 aromatic heterocycles. The summed E-state index contributed by atoms with van der Waals surface area (Å²) >= 11 is 0. The summed E-state index contributed by atoms with van der Waals surface area (Å²) in [7, 11) is 1.45. The van der Waals surface area contributed by atoms with E-state index >= 15 is 0 Å². The van der Waals surface area contributed by atoms with Gasteiger partial charge in [0.1, 0.15) is 5.69 Å². The van der Waals surface area contributed by atoms with E-state index in [0.717, 1.165) is 12.1 Å². The first-order valence-electron chi connectivity index (χ1n) is 9.11. The third kappa shape index (κ3) is 4.61. The van der Waals surface area contributed by atoms with Crippen LogP contribution in [0.4, 0.5) is 13.2 Å². The molecule has 0 atom stereocenters. The van der Waals surface area contributed by atoms with E-state index < -0.39 is 29.4 Å². The Morgan fingerprint density at radius 3 is 2.31 bits per heavy atom. The lowest BCUT2D eigenvalue weighted by molar-refractivity contribution is -0.137. The molecule has 0 fully saturated rings. The number of benzene rings is 2. The number of aryl methyl sites for hydroxylation is 1. The maximum Gasteiger partial charge on any atom is 0.416 e. The van der Waals surface area contributed by atoms with Crippen molar-refractivity contribution >= 4 is 17.6 Å². The van der Waals surface area contributed by atoms with Crippen LogP contribution in [0.3, 0.4) is 0 Å². The Morgan fingerprint density at radius 1 is 1.09 bits per heavy atom. The summed E-state index contributed by atoms with van der Waals surface area (Å²) < 4.78 is 40.3. The number of aromatic carboxylic acids is 1. The van der Waals surface area contributed by atoms with Gasteiger partial charge in [-0.3, -0.25) is 9.48 Å². The van der Waals surface area contributed by atoms with Crippen molar-refractivity contribution in [1.82, 2.24) is 15.2 Å². The maximum absolute atomic E-state index is 13.0. The third-order valence-electron chi connectivity index (χ3n) is 4.55. The summed E-state index contributed by atoms with van der Waals surface area (Å²) in [6, 6.07) is 9.60. The summed E-state index contributed by atoms with van der Waals surface area (Å²) in [5.74, 6) is -2.16. The van der Waals surface area contributed by atoms with Crippen molar-refractivity contribution < 1.29 is 33.0 Å². The lowest BCUT2D eigenvalue weighted by Crippen LogP contribution is -2.19. The summed E-state index contributed by atoms with van der Waals surface area (Å²) in [5.41, 5.74) is 1.80. The Labute approximate surface area is 179 Å². The number of aromatic nitrogens is 2. The standard InChI is InChI=1S/C21H17F3N4O4/c1-11(25-26-19(30)12-6-8-13(9-7-12)20(31)32)16-18(29)17(28(2)27-16)14-4-3-5-15(10-14)21(22,23)24/h3-10,29H,1-2H3,(H,26,30)(H,31,32)/b25-11-. The van der Waals surface area contributed by atoms with E-state index in [-0.39, 0.29) is 33.8 Å². The number of carbonyl (C=O) groups excluding carboxylic acids is 1. The molecule has 1 amide bonds. The second-order valence-corrected chi connectivity index (χ2v) is 6.77. The monoisotopic (exact) mass is 446 g/mol. The van der Waals surface area contributed by atoms with Crippen LogP contribution >= 0.6 is 0 Å². The number of aromatic hydroxyl groups is 1. The maximum atomic E-state index is 13.0. The van der Waals surface area contributed by atoms with Crippen LogP contribution in [0.15, 0.2) is 53.6 Å². The van der Waals surface area contributed by atoms with E-state index in [4.69, 9.17) is 5.11 Å². The molecule has 0 bridgehead atoms. The van der Waals surface area contributed by atoms with E-state index in [1.54, 1.807) is 0 Å². The highest BCUT2D eigenvalue weighted by molar-refractivity contribution is 6.02. The molecule has 32 heavy (non-hydrogen) atoms. The zero-order chi connectivity index (χ0) is 23.6. The fraction of sp³-hybridized carbons (Fsp3) is 0.143. The van der Waals surface area contributed by atoms with Gasteiger partial charge in [0.25, 0.3) is 5.91 Å². The number of amides is 1. The molecule has 0 aliphatic carbocycles. The van der Waals surface area contributed by atoms with Crippen LogP contribution in [0.5, 0.6) is 5.75 Å². The zero-order valence-electron chi connectivity index (χ0n) is 16.8. The van der Waals surface area contributed by atoms with Crippen LogP contribution in [-0.2, 0) is 13.2 Å². The molecule has 8 nitrogen and oxygen atoms in total. The minimum Gasteiger partial charge on any atom is -0.504 e. The van der Waals surface area contributed by atoms with Crippen LogP contribution in [-0.4, -0.2) is 37.6 Å². The van der Waals surface area contributed by atoms with Gasteiger partial charge in [0, 0.05) is 18.2 Å². The lowest BCUT2D eigenvalue weighted by atomic mass is 10.1. The molecule has 3 rings (SSSR count). The Balaban J connectivity index is 1.85. The smallest absolute Gasteiger partial charge is 0.416 e. The first-order valence-corrected chi connectivity index (χ1v) is 9.11. The highest BCUT2D eigenvalue weighted by Crippen LogP contribution is 2.36. The molecule has 166 valence electrons.